The van der Waals surface area contributed by atoms with Crippen molar-refractivity contribution >= 4 is 18.0 Å². The molecule has 2 aliphatic carbocycles. The minimum absolute atomic E-state index is 0.0643. The van der Waals surface area contributed by atoms with Crippen molar-refractivity contribution in [3.8, 4) is 11.1 Å². The molecule has 3 aliphatic rings. The molecule has 2 amide bonds. The number of carboxylic acid groups (broad SMARTS) is 1. The number of hydrogen-bond acceptors (Lipinski definition) is 4. The molecule has 7 nitrogen and oxygen atoms in total. The molecular formula is C27H30N2O5. The van der Waals surface area contributed by atoms with Gasteiger partial charge in [0.1, 0.15) is 18.2 Å². The molecule has 1 heterocycles. The van der Waals surface area contributed by atoms with E-state index in [0.717, 1.165) is 35.1 Å². The lowest BCUT2D eigenvalue weighted by molar-refractivity contribution is -0.158. The Balaban J connectivity index is 1.29. The fourth-order valence-electron chi connectivity index (χ4n) is 5.66. The zero-order valence-electron chi connectivity index (χ0n) is 19.3. The number of aliphatic carboxylic acids is 1. The maximum atomic E-state index is 13.5. The number of hydrogen-bond donors (Lipinski definition) is 2. The molecule has 0 aromatic heterocycles. The van der Waals surface area contributed by atoms with Crippen LogP contribution in [0.2, 0.25) is 0 Å². The van der Waals surface area contributed by atoms with Crippen molar-refractivity contribution in [1.82, 2.24) is 10.2 Å². The van der Waals surface area contributed by atoms with Crippen molar-refractivity contribution in [1.29, 1.82) is 0 Å². The lowest BCUT2D eigenvalue weighted by Gasteiger charge is -2.46. The van der Waals surface area contributed by atoms with E-state index in [1.165, 1.54) is 4.90 Å². The number of amides is 2. The second-order valence-corrected chi connectivity index (χ2v) is 9.88. The van der Waals surface area contributed by atoms with Gasteiger partial charge in [-0.15, -0.1) is 0 Å². The van der Waals surface area contributed by atoms with Crippen LogP contribution in [0.4, 0.5) is 4.79 Å². The van der Waals surface area contributed by atoms with Gasteiger partial charge in [0.2, 0.25) is 5.91 Å². The molecule has 0 spiro atoms. The third-order valence-electron chi connectivity index (χ3n) is 7.66. The molecule has 2 N–H and O–H groups in total. The zero-order valence-corrected chi connectivity index (χ0v) is 19.3. The highest BCUT2D eigenvalue weighted by atomic mass is 16.5. The van der Waals surface area contributed by atoms with Gasteiger partial charge in [-0.2, -0.15) is 0 Å². The van der Waals surface area contributed by atoms with E-state index in [0.29, 0.717) is 25.8 Å². The van der Waals surface area contributed by atoms with Crippen molar-refractivity contribution in [3.05, 3.63) is 59.7 Å². The fourth-order valence-corrected chi connectivity index (χ4v) is 5.66. The maximum absolute atomic E-state index is 13.5. The third-order valence-corrected chi connectivity index (χ3v) is 7.66. The normalized spacial score (nSPS) is 22.8. The Kier molecular flexibility index (Phi) is 5.80. The van der Waals surface area contributed by atoms with Gasteiger partial charge in [-0.25, -0.2) is 9.59 Å². The number of rotatable bonds is 5. The molecule has 2 atom stereocenters. The Labute approximate surface area is 199 Å². The highest BCUT2D eigenvalue weighted by Crippen LogP contribution is 2.44. The summed E-state index contributed by atoms with van der Waals surface area (Å²) in [5.74, 6) is -1.13. The number of carboxylic acids is 1. The van der Waals surface area contributed by atoms with Crippen LogP contribution in [0.3, 0.4) is 0 Å². The number of benzene rings is 2. The van der Waals surface area contributed by atoms with E-state index in [2.05, 4.69) is 29.6 Å². The molecule has 2 unspecified atom stereocenters. The Morgan fingerprint density at radius 2 is 1.65 bits per heavy atom. The Bertz CT molecular complexity index is 1080. The van der Waals surface area contributed by atoms with Gasteiger partial charge >= 0.3 is 12.1 Å². The van der Waals surface area contributed by atoms with Crippen LogP contribution in [0.5, 0.6) is 0 Å². The summed E-state index contributed by atoms with van der Waals surface area (Å²) in [6, 6.07) is 15.4. The van der Waals surface area contributed by atoms with Crippen LogP contribution in [-0.2, 0) is 14.3 Å². The summed E-state index contributed by atoms with van der Waals surface area (Å²) in [4.78, 5) is 39.6. The van der Waals surface area contributed by atoms with Gasteiger partial charge in [0.25, 0.3) is 0 Å². The molecule has 2 aromatic carbocycles. The molecule has 2 aromatic rings. The van der Waals surface area contributed by atoms with E-state index in [1.54, 1.807) is 0 Å². The highest BCUT2D eigenvalue weighted by molar-refractivity contribution is 5.93. The number of carbonyl (C=O) groups is 3. The minimum atomic E-state index is -1.08. The number of nitrogens with zero attached hydrogens (tertiary/aromatic N) is 1. The smallest absolute Gasteiger partial charge is 0.408 e. The van der Waals surface area contributed by atoms with Crippen LogP contribution >= 0.6 is 0 Å². The third kappa shape index (κ3) is 3.83. The average Bonchev–Trinajstić information content (AvgIpc) is 3.13. The molecule has 7 heteroatoms. The molecular weight excluding hydrogens is 432 g/mol. The van der Waals surface area contributed by atoms with Gasteiger partial charge in [-0.3, -0.25) is 4.79 Å². The van der Waals surface area contributed by atoms with Crippen LogP contribution < -0.4 is 5.32 Å². The van der Waals surface area contributed by atoms with Crippen molar-refractivity contribution in [2.24, 2.45) is 5.92 Å². The first-order chi connectivity index (χ1) is 16.4. The molecule has 178 valence electrons. The Hall–Kier alpha value is -3.35. The van der Waals surface area contributed by atoms with Crippen LogP contribution in [0.25, 0.3) is 11.1 Å². The quantitative estimate of drug-likeness (QED) is 0.696. The van der Waals surface area contributed by atoms with Gasteiger partial charge in [-0.1, -0.05) is 55.5 Å². The maximum Gasteiger partial charge on any atom is 0.408 e. The van der Waals surface area contributed by atoms with Crippen molar-refractivity contribution in [3.63, 3.8) is 0 Å². The average molecular weight is 463 g/mol. The molecule has 2 fully saturated rings. The predicted octanol–water partition coefficient (Wildman–Crippen LogP) is 4.16. The second kappa shape index (κ2) is 8.78. The van der Waals surface area contributed by atoms with E-state index in [-0.39, 0.29) is 24.3 Å². The first-order valence-corrected chi connectivity index (χ1v) is 12.1. The van der Waals surface area contributed by atoms with Crippen molar-refractivity contribution in [2.75, 3.05) is 13.2 Å². The molecule has 0 bridgehead atoms. The number of alkyl carbamates (subject to hydrolysis) is 1. The summed E-state index contributed by atoms with van der Waals surface area (Å²) in [7, 11) is 0. The van der Waals surface area contributed by atoms with Crippen LogP contribution in [-0.4, -0.2) is 52.7 Å². The molecule has 1 saturated carbocycles. The number of fused-ring (bicyclic) bond motifs is 3. The van der Waals surface area contributed by atoms with Crippen LogP contribution in [0, 0.1) is 5.92 Å². The van der Waals surface area contributed by atoms with Gasteiger partial charge in [0.05, 0.1) is 0 Å². The standard InChI is InChI=1S/C27H30N2O5/c1-17-11-12-23(24(30)31)29(15-17)25(32)27(13-6-14-27)28-26(33)34-16-22-20-9-4-2-7-18(20)19-8-3-5-10-21(19)22/h2-5,7-10,17,22-23H,6,11-16H2,1H3,(H,28,33)(H,30,31). The Morgan fingerprint density at radius 3 is 2.21 bits per heavy atom. The number of nitrogens with one attached hydrogen (secondary N) is 1. The van der Waals surface area contributed by atoms with E-state index >= 15 is 0 Å². The largest absolute Gasteiger partial charge is 0.480 e. The van der Waals surface area contributed by atoms with Crippen molar-refractivity contribution < 1.29 is 24.2 Å². The van der Waals surface area contributed by atoms with E-state index in [9.17, 15) is 19.5 Å². The highest BCUT2D eigenvalue weighted by Gasteiger charge is 2.51. The number of carbonyl (C=O) groups excluding carboxylic acids is 2. The Morgan fingerprint density at radius 1 is 1.03 bits per heavy atom. The topological polar surface area (TPSA) is 95.9 Å². The van der Waals surface area contributed by atoms with Gasteiger partial charge in [0, 0.05) is 12.5 Å². The SMILES string of the molecule is CC1CCC(C(=O)O)N(C(=O)C2(NC(=O)OCC3c4ccccc4-c4ccccc43)CCC2)C1. The minimum Gasteiger partial charge on any atom is -0.480 e. The first kappa shape index (κ1) is 22.4. The molecule has 5 rings (SSSR count). The lowest BCUT2D eigenvalue weighted by atomic mass is 9.74. The molecule has 0 radical (unpaired) electrons. The monoisotopic (exact) mass is 462 g/mol. The van der Waals surface area contributed by atoms with Crippen LogP contribution in [0.1, 0.15) is 56.1 Å². The summed E-state index contributed by atoms with van der Waals surface area (Å²) in [5.41, 5.74) is 3.47. The first-order valence-electron chi connectivity index (χ1n) is 12.1. The van der Waals surface area contributed by atoms with E-state index in [4.69, 9.17) is 4.74 Å². The summed E-state index contributed by atoms with van der Waals surface area (Å²) >= 11 is 0. The summed E-state index contributed by atoms with van der Waals surface area (Å²) in [6.07, 6.45) is 2.36. The summed E-state index contributed by atoms with van der Waals surface area (Å²) < 4.78 is 5.67. The number of piperidine rings is 1. The number of ether oxygens (including phenoxy) is 1. The van der Waals surface area contributed by atoms with Gasteiger partial charge in [-0.05, 0) is 60.3 Å². The fraction of sp³-hybridized carbons (Fsp3) is 0.444. The van der Waals surface area contributed by atoms with Crippen LogP contribution in [0.15, 0.2) is 48.5 Å². The van der Waals surface area contributed by atoms with Crippen molar-refractivity contribution in [2.45, 2.75) is 56.5 Å². The van der Waals surface area contributed by atoms with E-state index in [1.807, 2.05) is 31.2 Å². The zero-order chi connectivity index (χ0) is 23.9. The summed E-state index contributed by atoms with van der Waals surface area (Å²) in [6.45, 7) is 2.58. The molecule has 34 heavy (non-hydrogen) atoms. The summed E-state index contributed by atoms with van der Waals surface area (Å²) in [5, 5.41) is 12.5. The van der Waals surface area contributed by atoms with Gasteiger partial charge in [0.15, 0.2) is 0 Å². The van der Waals surface area contributed by atoms with E-state index < -0.39 is 23.6 Å². The second-order valence-electron chi connectivity index (χ2n) is 9.88. The van der Waals surface area contributed by atoms with Gasteiger partial charge < -0.3 is 20.1 Å². The molecule has 1 aliphatic heterocycles. The number of likely N-dealkylation sites (tertiary alicyclic amines) is 1. The predicted molar refractivity (Wildman–Crippen MR) is 126 cm³/mol. The molecule has 1 saturated heterocycles. The lowest BCUT2D eigenvalue weighted by Crippen LogP contribution is -2.66.